The van der Waals surface area contributed by atoms with Crippen LogP contribution in [-0.4, -0.2) is 9.97 Å². The van der Waals surface area contributed by atoms with E-state index >= 15 is 0 Å². The van der Waals surface area contributed by atoms with E-state index in [1.165, 1.54) is 5.56 Å². The maximum atomic E-state index is 5.75. The number of alkyl halides is 1. The molecule has 0 aliphatic rings. The van der Waals surface area contributed by atoms with E-state index in [9.17, 15) is 0 Å². The molecule has 0 saturated heterocycles. The summed E-state index contributed by atoms with van der Waals surface area (Å²) in [5.41, 5.74) is 3.39. The molecule has 94 valence electrons. The Bertz CT molecular complexity index is 497. The van der Waals surface area contributed by atoms with Gasteiger partial charge < -0.3 is 5.32 Å². The van der Waals surface area contributed by atoms with E-state index in [-0.39, 0.29) is 0 Å². The fraction of sp³-hybridized carbons (Fsp3) is 0.286. The second-order valence-corrected chi connectivity index (χ2v) is 4.32. The molecule has 0 saturated carbocycles. The number of nitrogens with zero attached hydrogens (tertiary/aromatic N) is 2. The number of benzene rings is 1. The van der Waals surface area contributed by atoms with Crippen molar-refractivity contribution in [1.82, 2.24) is 9.97 Å². The van der Waals surface area contributed by atoms with E-state index in [0.29, 0.717) is 5.88 Å². The van der Waals surface area contributed by atoms with Gasteiger partial charge in [0.15, 0.2) is 0 Å². The summed E-state index contributed by atoms with van der Waals surface area (Å²) in [5.74, 6) is 1.42. The smallest absolute Gasteiger partial charge is 0.129 e. The zero-order chi connectivity index (χ0) is 12.8. The lowest BCUT2D eigenvalue weighted by atomic mass is 10.1. The third-order valence-electron chi connectivity index (χ3n) is 2.74. The molecule has 4 heteroatoms. The van der Waals surface area contributed by atoms with Crippen LogP contribution < -0.4 is 5.32 Å². The van der Waals surface area contributed by atoms with Crippen molar-refractivity contribution in [2.45, 2.75) is 25.8 Å². The Morgan fingerprint density at radius 2 is 1.83 bits per heavy atom. The number of rotatable bonds is 5. The van der Waals surface area contributed by atoms with E-state index in [2.05, 4.69) is 34.3 Å². The summed E-state index contributed by atoms with van der Waals surface area (Å²) in [6.45, 7) is 2.83. The molecule has 0 amide bonds. The summed E-state index contributed by atoms with van der Waals surface area (Å²) in [6.07, 6.45) is 2.51. The SMILES string of the molecule is CCc1cc(NCc2ccc(CCl)cc2)ncn1. The Morgan fingerprint density at radius 1 is 1.11 bits per heavy atom. The zero-order valence-electron chi connectivity index (χ0n) is 10.4. The molecule has 0 radical (unpaired) electrons. The van der Waals surface area contributed by atoms with Crippen LogP contribution >= 0.6 is 11.6 Å². The van der Waals surface area contributed by atoms with Crippen LogP contribution in [0.1, 0.15) is 23.7 Å². The highest BCUT2D eigenvalue weighted by molar-refractivity contribution is 6.17. The van der Waals surface area contributed by atoms with Crippen LogP contribution in [0.25, 0.3) is 0 Å². The number of aryl methyl sites for hydroxylation is 1. The Balaban J connectivity index is 1.97. The van der Waals surface area contributed by atoms with E-state index in [1.54, 1.807) is 6.33 Å². The minimum Gasteiger partial charge on any atom is -0.366 e. The molecule has 0 fully saturated rings. The third-order valence-corrected chi connectivity index (χ3v) is 3.05. The molecule has 0 aliphatic heterocycles. The Hall–Kier alpha value is -1.61. The van der Waals surface area contributed by atoms with Crippen LogP contribution in [0, 0.1) is 0 Å². The van der Waals surface area contributed by atoms with Gasteiger partial charge in [0, 0.05) is 24.2 Å². The number of nitrogens with one attached hydrogen (secondary N) is 1. The summed E-state index contributed by atoms with van der Waals surface area (Å²) in [5, 5.41) is 3.29. The number of aromatic nitrogens is 2. The molecule has 0 spiro atoms. The summed E-state index contributed by atoms with van der Waals surface area (Å²) in [4.78, 5) is 8.36. The highest BCUT2D eigenvalue weighted by atomic mass is 35.5. The first kappa shape index (κ1) is 12.8. The Kier molecular flexibility index (Phi) is 4.53. The van der Waals surface area contributed by atoms with Crippen molar-refractivity contribution in [2.24, 2.45) is 0 Å². The van der Waals surface area contributed by atoms with E-state index in [1.807, 2.05) is 18.2 Å². The topological polar surface area (TPSA) is 37.8 Å². The molecule has 1 aromatic carbocycles. The number of hydrogen-bond acceptors (Lipinski definition) is 3. The first-order valence-corrected chi connectivity index (χ1v) is 6.54. The molecular formula is C14H16ClN3. The predicted octanol–water partition coefficient (Wildman–Crippen LogP) is 3.39. The van der Waals surface area contributed by atoms with Gasteiger partial charge in [-0.2, -0.15) is 0 Å². The first-order chi connectivity index (χ1) is 8.81. The minimum absolute atomic E-state index is 0.555. The molecule has 2 rings (SSSR count). The van der Waals surface area contributed by atoms with Crippen LogP contribution in [0.3, 0.4) is 0 Å². The molecule has 18 heavy (non-hydrogen) atoms. The van der Waals surface area contributed by atoms with Crippen molar-refractivity contribution in [3.8, 4) is 0 Å². The lowest BCUT2D eigenvalue weighted by Crippen LogP contribution is -2.02. The van der Waals surface area contributed by atoms with Crippen molar-refractivity contribution < 1.29 is 0 Å². The summed E-state index contributed by atoms with van der Waals surface area (Å²) >= 11 is 5.75. The average molecular weight is 262 g/mol. The molecule has 1 heterocycles. The molecule has 1 aromatic heterocycles. The van der Waals surface area contributed by atoms with Gasteiger partial charge in [-0.15, -0.1) is 11.6 Å². The number of hydrogen-bond donors (Lipinski definition) is 1. The summed E-state index contributed by atoms with van der Waals surface area (Å²) < 4.78 is 0. The maximum Gasteiger partial charge on any atom is 0.129 e. The largest absolute Gasteiger partial charge is 0.366 e. The van der Waals surface area contributed by atoms with Crippen molar-refractivity contribution in [3.63, 3.8) is 0 Å². The van der Waals surface area contributed by atoms with Gasteiger partial charge in [-0.25, -0.2) is 9.97 Å². The molecule has 3 nitrogen and oxygen atoms in total. The van der Waals surface area contributed by atoms with Gasteiger partial charge >= 0.3 is 0 Å². The van der Waals surface area contributed by atoms with E-state index < -0.39 is 0 Å². The van der Waals surface area contributed by atoms with Gasteiger partial charge in [-0.05, 0) is 17.5 Å². The molecule has 2 aromatic rings. The standard InChI is InChI=1S/C14H16ClN3/c1-2-13-7-14(18-10-17-13)16-9-12-5-3-11(8-15)4-6-12/h3-7,10H,2,8-9H2,1H3,(H,16,17,18). The molecule has 0 aliphatic carbocycles. The van der Waals surface area contributed by atoms with E-state index in [0.717, 1.165) is 30.0 Å². The normalized spacial score (nSPS) is 10.3. The lowest BCUT2D eigenvalue weighted by molar-refractivity contribution is 0.986. The van der Waals surface area contributed by atoms with Gasteiger partial charge in [0.2, 0.25) is 0 Å². The first-order valence-electron chi connectivity index (χ1n) is 6.00. The van der Waals surface area contributed by atoms with Crippen molar-refractivity contribution in [1.29, 1.82) is 0 Å². The molecular weight excluding hydrogens is 246 g/mol. The monoisotopic (exact) mass is 261 g/mol. The quantitative estimate of drug-likeness (QED) is 0.839. The van der Waals surface area contributed by atoms with Gasteiger partial charge in [0.05, 0.1) is 0 Å². The van der Waals surface area contributed by atoms with Gasteiger partial charge in [0.25, 0.3) is 0 Å². The predicted molar refractivity (Wildman–Crippen MR) is 74.7 cm³/mol. The van der Waals surface area contributed by atoms with Crippen molar-refractivity contribution in [2.75, 3.05) is 5.32 Å². The maximum absolute atomic E-state index is 5.75. The second kappa shape index (κ2) is 6.36. The van der Waals surface area contributed by atoms with Gasteiger partial charge in [0.1, 0.15) is 12.1 Å². The molecule has 0 atom stereocenters. The fourth-order valence-electron chi connectivity index (χ4n) is 1.63. The van der Waals surface area contributed by atoms with Crippen LogP contribution in [0.2, 0.25) is 0 Å². The summed E-state index contributed by atoms with van der Waals surface area (Å²) in [7, 11) is 0. The van der Waals surface area contributed by atoms with E-state index in [4.69, 9.17) is 11.6 Å². The highest BCUT2D eigenvalue weighted by Crippen LogP contribution is 2.10. The third kappa shape index (κ3) is 3.44. The van der Waals surface area contributed by atoms with Crippen LogP contribution in [0.4, 0.5) is 5.82 Å². The molecule has 1 N–H and O–H groups in total. The van der Waals surface area contributed by atoms with Crippen molar-refractivity contribution >= 4 is 17.4 Å². The number of anilines is 1. The van der Waals surface area contributed by atoms with Crippen molar-refractivity contribution in [3.05, 3.63) is 53.5 Å². The van der Waals surface area contributed by atoms with Crippen LogP contribution in [0.15, 0.2) is 36.7 Å². The lowest BCUT2D eigenvalue weighted by Gasteiger charge is -2.07. The summed E-state index contributed by atoms with van der Waals surface area (Å²) in [6, 6.07) is 10.2. The average Bonchev–Trinajstić information content (AvgIpc) is 2.46. The number of halogens is 1. The highest BCUT2D eigenvalue weighted by Gasteiger charge is 1.98. The van der Waals surface area contributed by atoms with Gasteiger partial charge in [-0.1, -0.05) is 31.2 Å². The zero-order valence-corrected chi connectivity index (χ0v) is 11.1. The second-order valence-electron chi connectivity index (χ2n) is 4.05. The van der Waals surface area contributed by atoms with Crippen LogP contribution in [0.5, 0.6) is 0 Å². The fourth-order valence-corrected chi connectivity index (χ4v) is 1.80. The van der Waals surface area contributed by atoms with Crippen LogP contribution in [-0.2, 0) is 18.8 Å². The van der Waals surface area contributed by atoms with Gasteiger partial charge in [-0.3, -0.25) is 0 Å². The Labute approximate surface area is 112 Å². The molecule has 0 bridgehead atoms. The molecule has 0 unspecified atom stereocenters. The Morgan fingerprint density at radius 3 is 2.50 bits per heavy atom. The minimum atomic E-state index is 0.555.